The number of benzene rings is 2. The molecule has 7 nitrogen and oxygen atoms in total. The molecule has 1 heterocycles. The average molecular weight is 604 g/mol. The Balaban J connectivity index is 1.80. The molecule has 0 N–H and O–H groups in total. The maximum absolute atomic E-state index is 13.7. The molecule has 0 aliphatic rings. The Kier molecular flexibility index (Phi) is 11.6. The predicted molar refractivity (Wildman–Crippen MR) is 154 cm³/mol. The number of methoxy groups -OCH3 is 3. The Labute approximate surface area is 237 Å². The van der Waals surface area contributed by atoms with Crippen LogP contribution in [0.25, 0.3) is 0 Å². The van der Waals surface area contributed by atoms with Gasteiger partial charge in [-0.1, -0.05) is 22.0 Å². The van der Waals surface area contributed by atoms with Crippen molar-refractivity contribution >= 4 is 39.1 Å². The van der Waals surface area contributed by atoms with Crippen LogP contribution in [0.5, 0.6) is 11.5 Å². The number of hydrogen-bond donors (Lipinski definition) is 0. The van der Waals surface area contributed by atoms with Crippen LogP contribution in [0.3, 0.4) is 0 Å². The van der Waals surface area contributed by atoms with Gasteiger partial charge in [-0.2, -0.15) is 0 Å². The Bertz CT molecular complexity index is 1200. The van der Waals surface area contributed by atoms with E-state index in [9.17, 15) is 9.59 Å². The van der Waals surface area contributed by atoms with Crippen molar-refractivity contribution in [3.05, 3.63) is 80.0 Å². The van der Waals surface area contributed by atoms with Gasteiger partial charge in [-0.3, -0.25) is 9.59 Å². The van der Waals surface area contributed by atoms with Gasteiger partial charge in [-0.15, -0.1) is 11.3 Å². The second kappa shape index (κ2) is 14.9. The van der Waals surface area contributed by atoms with Gasteiger partial charge in [0, 0.05) is 41.7 Å². The van der Waals surface area contributed by atoms with Gasteiger partial charge < -0.3 is 24.0 Å². The van der Waals surface area contributed by atoms with Gasteiger partial charge in [0.15, 0.2) is 11.5 Å². The fourth-order valence-electron chi connectivity index (χ4n) is 4.02. The molecule has 1 aromatic heterocycles. The van der Waals surface area contributed by atoms with E-state index >= 15 is 0 Å². The first-order chi connectivity index (χ1) is 18.4. The zero-order valence-corrected chi connectivity index (χ0v) is 24.8. The molecule has 2 aromatic carbocycles. The summed E-state index contributed by atoms with van der Waals surface area (Å²) in [5.74, 6) is 1.05. The van der Waals surface area contributed by atoms with Gasteiger partial charge >= 0.3 is 0 Å². The van der Waals surface area contributed by atoms with E-state index in [0.29, 0.717) is 56.1 Å². The third-order valence-electron chi connectivity index (χ3n) is 6.25. The third kappa shape index (κ3) is 8.31. The molecule has 0 saturated carbocycles. The molecular weight excluding hydrogens is 568 g/mol. The van der Waals surface area contributed by atoms with Crippen molar-refractivity contribution in [2.75, 3.05) is 47.6 Å². The summed E-state index contributed by atoms with van der Waals surface area (Å²) in [5, 5.41) is 2.04. The molecule has 3 rings (SSSR count). The molecule has 38 heavy (non-hydrogen) atoms. The van der Waals surface area contributed by atoms with E-state index in [4.69, 9.17) is 14.2 Å². The summed E-state index contributed by atoms with van der Waals surface area (Å²) < 4.78 is 16.9. The minimum absolute atomic E-state index is 0.00499. The van der Waals surface area contributed by atoms with Gasteiger partial charge in [0.1, 0.15) is 6.54 Å². The van der Waals surface area contributed by atoms with Crippen LogP contribution in [0.4, 0.5) is 0 Å². The van der Waals surface area contributed by atoms with E-state index in [2.05, 4.69) is 28.9 Å². The Morgan fingerprint density at radius 1 is 0.921 bits per heavy atom. The molecular formula is C29H35BrN2O5S. The number of ether oxygens (including phenoxy) is 3. The molecule has 2 amide bonds. The quantitative estimate of drug-likeness (QED) is 0.225. The summed E-state index contributed by atoms with van der Waals surface area (Å²) in [6.45, 7) is 3.98. The Morgan fingerprint density at radius 3 is 2.29 bits per heavy atom. The zero-order valence-electron chi connectivity index (χ0n) is 22.4. The van der Waals surface area contributed by atoms with Gasteiger partial charge in [-0.05, 0) is 78.7 Å². The number of halogens is 1. The molecule has 0 aliphatic carbocycles. The van der Waals surface area contributed by atoms with Crippen LogP contribution in [0.1, 0.15) is 32.8 Å². The molecule has 0 aliphatic heterocycles. The minimum Gasteiger partial charge on any atom is -0.493 e. The summed E-state index contributed by atoms with van der Waals surface area (Å²) in [7, 11) is 4.85. The zero-order chi connectivity index (χ0) is 27.5. The summed E-state index contributed by atoms with van der Waals surface area (Å²) >= 11 is 5.05. The molecule has 0 unspecified atom stereocenters. The molecule has 3 aromatic rings. The lowest BCUT2D eigenvalue weighted by Crippen LogP contribution is -2.44. The highest BCUT2D eigenvalue weighted by Gasteiger charge is 2.23. The fourth-order valence-corrected chi connectivity index (χ4v) is 5.21. The number of carbonyl (C=O) groups is 2. The second-order valence-corrected chi connectivity index (χ2v) is 10.8. The SMILES string of the molecule is COCCCN(CC(=O)N(CCc1ccc(OC)c(OC)c1)Cc1sccc1C)C(=O)c1ccc(Br)cc1. The van der Waals surface area contributed by atoms with Crippen LogP contribution in [-0.4, -0.2) is 69.2 Å². The molecule has 0 radical (unpaired) electrons. The van der Waals surface area contributed by atoms with Crippen molar-refractivity contribution < 1.29 is 23.8 Å². The minimum atomic E-state index is -0.172. The first-order valence-electron chi connectivity index (χ1n) is 12.4. The maximum atomic E-state index is 13.7. The lowest BCUT2D eigenvalue weighted by Gasteiger charge is -2.28. The van der Waals surface area contributed by atoms with Crippen molar-refractivity contribution in [1.82, 2.24) is 9.80 Å². The van der Waals surface area contributed by atoms with E-state index < -0.39 is 0 Å². The van der Waals surface area contributed by atoms with E-state index in [1.807, 2.05) is 40.6 Å². The van der Waals surface area contributed by atoms with E-state index in [1.165, 1.54) is 0 Å². The Morgan fingerprint density at radius 2 is 1.66 bits per heavy atom. The van der Waals surface area contributed by atoms with E-state index in [-0.39, 0.29) is 18.4 Å². The summed E-state index contributed by atoms with van der Waals surface area (Å²) in [6.07, 6.45) is 1.28. The molecule has 0 fully saturated rings. The second-order valence-electron chi connectivity index (χ2n) is 8.86. The number of aryl methyl sites for hydroxylation is 1. The summed E-state index contributed by atoms with van der Waals surface area (Å²) in [5.41, 5.74) is 2.73. The first-order valence-corrected chi connectivity index (χ1v) is 14.1. The Hall–Kier alpha value is -2.88. The number of hydrogen-bond acceptors (Lipinski definition) is 6. The molecule has 204 valence electrons. The lowest BCUT2D eigenvalue weighted by molar-refractivity contribution is -0.132. The van der Waals surface area contributed by atoms with Crippen molar-refractivity contribution in [3.8, 4) is 11.5 Å². The van der Waals surface area contributed by atoms with Crippen LogP contribution in [-0.2, 0) is 22.5 Å². The smallest absolute Gasteiger partial charge is 0.254 e. The van der Waals surface area contributed by atoms with Crippen LogP contribution in [0.15, 0.2) is 58.4 Å². The largest absolute Gasteiger partial charge is 0.493 e. The molecule has 9 heteroatoms. The first kappa shape index (κ1) is 29.7. The fraction of sp³-hybridized carbons (Fsp3) is 0.379. The van der Waals surface area contributed by atoms with Crippen molar-refractivity contribution in [1.29, 1.82) is 0 Å². The summed E-state index contributed by atoms with van der Waals surface area (Å²) in [6, 6.07) is 15.0. The van der Waals surface area contributed by atoms with Crippen LogP contribution in [0, 0.1) is 6.92 Å². The molecule has 0 atom stereocenters. The third-order valence-corrected chi connectivity index (χ3v) is 7.79. The predicted octanol–water partition coefficient (Wildman–Crippen LogP) is 5.59. The summed E-state index contributed by atoms with van der Waals surface area (Å²) in [4.78, 5) is 31.7. The van der Waals surface area contributed by atoms with E-state index in [0.717, 1.165) is 20.5 Å². The van der Waals surface area contributed by atoms with Crippen molar-refractivity contribution in [2.45, 2.75) is 26.3 Å². The van der Waals surface area contributed by atoms with Crippen molar-refractivity contribution in [3.63, 3.8) is 0 Å². The number of carbonyl (C=O) groups excluding carboxylic acids is 2. The highest BCUT2D eigenvalue weighted by Crippen LogP contribution is 2.28. The van der Waals surface area contributed by atoms with Gasteiger partial charge in [-0.25, -0.2) is 0 Å². The van der Waals surface area contributed by atoms with Crippen LogP contribution < -0.4 is 9.47 Å². The number of thiophene rings is 1. The van der Waals surface area contributed by atoms with Gasteiger partial charge in [0.2, 0.25) is 5.91 Å². The number of amides is 2. The topological polar surface area (TPSA) is 68.3 Å². The highest BCUT2D eigenvalue weighted by molar-refractivity contribution is 9.10. The lowest BCUT2D eigenvalue weighted by atomic mass is 10.1. The maximum Gasteiger partial charge on any atom is 0.254 e. The molecule has 0 spiro atoms. The number of rotatable bonds is 14. The monoisotopic (exact) mass is 602 g/mol. The van der Waals surface area contributed by atoms with E-state index in [1.54, 1.807) is 49.7 Å². The number of nitrogens with zero attached hydrogens (tertiary/aromatic N) is 2. The van der Waals surface area contributed by atoms with Crippen LogP contribution in [0.2, 0.25) is 0 Å². The standard InChI is InChI=1S/C29H35BrN2O5S/c1-21-13-17-38-27(21)19-31(15-12-22-6-11-25(36-3)26(18-22)37-4)28(33)20-32(14-5-16-35-2)29(34)23-7-9-24(30)10-8-23/h6-11,13,17-18H,5,12,14-16,19-20H2,1-4H3. The van der Waals surface area contributed by atoms with Gasteiger partial charge in [0.05, 0.1) is 20.8 Å². The average Bonchev–Trinajstić information content (AvgIpc) is 3.34. The molecule has 0 bridgehead atoms. The van der Waals surface area contributed by atoms with Gasteiger partial charge in [0.25, 0.3) is 5.91 Å². The van der Waals surface area contributed by atoms with Crippen molar-refractivity contribution in [2.24, 2.45) is 0 Å². The normalized spacial score (nSPS) is 10.8. The van der Waals surface area contributed by atoms with Crippen LogP contribution >= 0.6 is 27.3 Å². The highest BCUT2D eigenvalue weighted by atomic mass is 79.9. The molecule has 0 saturated heterocycles.